The van der Waals surface area contributed by atoms with Crippen molar-refractivity contribution in [1.82, 2.24) is 20.1 Å². The Hall–Kier alpha value is -1.43. The topological polar surface area (TPSA) is 85.8 Å². The molecule has 0 spiro atoms. The molecule has 18 heavy (non-hydrogen) atoms. The van der Waals surface area contributed by atoms with E-state index in [9.17, 15) is 4.79 Å². The molecule has 2 heterocycles. The van der Waals surface area contributed by atoms with Gasteiger partial charge >= 0.3 is 0 Å². The highest BCUT2D eigenvalue weighted by Gasteiger charge is 2.37. The molecule has 0 aromatic carbocycles. The molecule has 1 aliphatic rings. The van der Waals surface area contributed by atoms with Crippen LogP contribution >= 0.6 is 0 Å². The highest BCUT2D eigenvalue weighted by atomic mass is 16.1. The molecule has 1 amide bonds. The maximum Gasteiger partial charge on any atom is 0.222 e. The van der Waals surface area contributed by atoms with Crippen LogP contribution in [0.15, 0.2) is 6.33 Å². The zero-order chi connectivity index (χ0) is 13.3. The Bertz CT molecular complexity index is 430. The summed E-state index contributed by atoms with van der Waals surface area (Å²) < 4.78 is 1.74. The summed E-state index contributed by atoms with van der Waals surface area (Å²) in [5.74, 6) is 0.809. The first-order chi connectivity index (χ1) is 8.49. The highest BCUT2D eigenvalue weighted by molar-refractivity contribution is 5.78. The van der Waals surface area contributed by atoms with Crippen LogP contribution in [-0.2, 0) is 18.3 Å². The first-order valence-electron chi connectivity index (χ1n) is 6.37. The summed E-state index contributed by atoms with van der Waals surface area (Å²) in [5.41, 5.74) is 5.54. The molecule has 2 rings (SSSR count). The van der Waals surface area contributed by atoms with Crippen molar-refractivity contribution in [3.05, 3.63) is 12.2 Å². The van der Waals surface area contributed by atoms with E-state index in [1.807, 2.05) is 7.05 Å². The van der Waals surface area contributed by atoms with E-state index < -0.39 is 0 Å². The number of piperidine rings is 1. The van der Waals surface area contributed by atoms with Crippen LogP contribution in [0.4, 0.5) is 0 Å². The van der Waals surface area contributed by atoms with Gasteiger partial charge in [0.2, 0.25) is 5.91 Å². The molecule has 0 saturated carbocycles. The second-order valence-corrected chi connectivity index (χ2v) is 5.32. The Morgan fingerprint density at radius 1 is 1.61 bits per heavy atom. The molecule has 1 fully saturated rings. The molecule has 6 heteroatoms. The van der Waals surface area contributed by atoms with Crippen LogP contribution < -0.4 is 11.1 Å². The van der Waals surface area contributed by atoms with Crippen molar-refractivity contribution in [3.63, 3.8) is 0 Å². The molecule has 0 bridgehead atoms. The first-order valence-corrected chi connectivity index (χ1v) is 6.37. The van der Waals surface area contributed by atoms with Gasteiger partial charge < -0.3 is 11.1 Å². The van der Waals surface area contributed by atoms with E-state index in [0.717, 1.165) is 12.2 Å². The Morgan fingerprint density at radius 3 is 2.89 bits per heavy atom. The Balaban J connectivity index is 2.17. The molecule has 100 valence electrons. The molecule has 6 nitrogen and oxygen atoms in total. The highest BCUT2D eigenvalue weighted by Crippen LogP contribution is 2.27. The van der Waals surface area contributed by atoms with Gasteiger partial charge in [-0.3, -0.25) is 9.48 Å². The largest absolute Gasteiger partial charge is 0.369 e. The number of carbonyl (C=O) groups is 1. The number of aryl methyl sites for hydroxylation is 1. The zero-order valence-electron chi connectivity index (χ0n) is 11.1. The third kappa shape index (κ3) is 2.53. The maximum atomic E-state index is 11.6. The monoisotopic (exact) mass is 251 g/mol. The van der Waals surface area contributed by atoms with Gasteiger partial charge in [0.1, 0.15) is 12.2 Å². The van der Waals surface area contributed by atoms with Gasteiger partial charge in [-0.15, -0.1) is 0 Å². The lowest BCUT2D eigenvalue weighted by Gasteiger charge is -2.38. The van der Waals surface area contributed by atoms with Crippen LogP contribution in [0.3, 0.4) is 0 Å². The predicted molar refractivity (Wildman–Crippen MR) is 67.6 cm³/mol. The minimum atomic E-state index is -0.228. The standard InChI is InChI=1S/C12H21N5O/c1-7-4-8(2)16-9(11(7)12(13)18)5-10-14-6-15-17(10)3/h6-9,11,16H,4-5H2,1-3H3,(H2,13,18). The van der Waals surface area contributed by atoms with E-state index in [4.69, 9.17) is 5.73 Å². The van der Waals surface area contributed by atoms with Crippen molar-refractivity contribution in [2.24, 2.45) is 24.6 Å². The summed E-state index contributed by atoms with van der Waals surface area (Å²) in [6, 6.07) is 0.443. The second kappa shape index (κ2) is 5.06. The fourth-order valence-electron chi connectivity index (χ4n) is 3.00. The average Bonchev–Trinajstić information content (AvgIpc) is 2.62. The van der Waals surface area contributed by atoms with E-state index in [-0.39, 0.29) is 17.9 Å². The van der Waals surface area contributed by atoms with Gasteiger partial charge in [-0.1, -0.05) is 6.92 Å². The lowest BCUT2D eigenvalue weighted by Crippen LogP contribution is -2.55. The zero-order valence-corrected chi connectivity index (χ0v) is 11.1. The van der Waals surface area contributed by atoms with E-state index >= 15 is 0 Å². The molecular weight excluding hydrogens is 230 g/mol. The number of nitrogens with one attached hydrogen (secondary N) is 1. The number of nitrogens with two attached hydrogens (primary N) is 1. The number of aromatic nitrogens is 3. The number of carbonyl (C=O) groups excluding carboxylic acids is 1. The van der Waals surface area contributed by atoms with Gasteiger partial charge in [-0.25, -0.2) is 4.98 Å². The quantitative estimate of drug-likeness (QED) is 0.782. The lowest BCUT2D eigenvalue weighted by molar-refractivity contribution is -0.125. The number of rotatable bonds is 3. The fraction of sp³-hybridized carbons (Fsp3) is 0.750. The molecule has 0 aliphatic carbocycles. The molecule has 1 aromatic rings. The summed E-state index contributed by atoms with van der Waals surface area (Å²) in [6.45, 7) is 4.23. The summed E-state index contributed by atoms with van der Waals surface area (Å²) in [5, 5.41) is 7.51. The van der Waals surface area contributed by atoms with E-state index in [0.29, 0.717) is 18.4 Å². The summed E-state index contributed by atoms with van der Waals surface area (Å²) in [4.78, 5) is 15.8. The van der Waals surface area contributed by atoms with Crippen molar-refractivity contribution in [2.45, 2.75) is 38.8 Å². The van der Waals surface area contributed by atoms with Gasteiger partial charge in [-0.05, 0) is 19.3 Å². The number of nitrogens with zero attached hydrogens (tertiary/aromatic N) is 3. The van der Waals surface area contributed by atoms with Crippen LogP contribution in [-0.4, -0.2) is 32.8 Å². The molecule has 0 radical (unpaired) electrons. The second-order valence-electron chi connectivity index (χ2n) is 5.32. The average molecular weight is 251 g/mol. The van der Waals surface area contributed by atoms with Gasteiger partial charge in [0.25, 0.3) is 0 Å². The van der Waals surface area contributed by atoms with E-state index in [1.54, 1.807) is 4.68 Å². The van der Waals surface area contributed by atoms with Gasteiger partial charge in [0.05, 0.1) is 5.92 Å². The van der Waals surface area contributed by atoms with Crippen LogP contribution in [0.25, 0.3) is 0 Å². The Morgan fingerprint density at radius 2 is 2.33 bits per heavy atom. The normalized spacial score (nSPS) is 32.4. The number of hydrogen-bond donors (Lipinski definition) is 2. The molecule has 3 N–H and O–H groups in total. The SMILES string of the molecule is CC1CC(C)C(C(N)=O)C(Cc2ncnn2C)N1. The molecule has 1 aliphatic heterocycles. The van der Waals surface area contributed by atoms with Gasteiger partial charge in [0.15, 0.2) is 0 Å². The van der Waals surface area contributed by atoms with Crippen molar-refractivity contribution < 1.29 is 4.79 Å². The van der Waals surface area contributed by atoms with Crippen molar-refractivity contribution in [1.29, 1.82) is 0 Å². The van der Waals surface area contributed by atoms with Crippen molar-refractivity contribution in [2.75, 3.05) is 0 Å². The predicted octanol–water partition coefficient (Wildman–Crippen LogP) is -0.154. The molecule has 4 unspecified atom stereocenters. The van der Waals surface area contributed by atoms with Gasteiger partial charge in [-0.2, -0.15) is 5.10 Å². The van der Waals surface area contributed by atoms with E-state index in [1.165, 1.54) is 6.33 Å². The summed E-state index contributed by atoms with van der Waals surface area (Å²) >= 11 is 0. The molecule has 1 saturated heterocycles. The smallest absolute Gasteiger partial charge is 0.222 e. The van der Waals surface area contributed by atoms with Crippen molar-refractivity contribution >= 4 is 5.91 Å². The van der Waals surface area contributed by atoms with Crippen molar-refractivity contribution in [3.8, 4) is 0 Å². The molecule has 1 aromatic heterocycles. The summed E-state index contributed by atoms with van der Waals surface area (Å²) in [6.07, 6.45) is 3.19. The van der Waals surface area contributed by atoms with Crippen LogP contribution in [0, 0.1) is 11.8 Å². The Labute approximate surface area is 107 Å². The third-order valence-electron chi connectivity index (χ3n) is 3.81. The summed E-state index contributed by atoms with van der Waals surface area (Å²) in [7, 11) is 1.86. The molecular formula is C12H21N5O. The van der Waals surface area contributed by atoms with Crippen LogP contribution in [0.5, 0.6) is 0 Å². The Kier molecular flexibility index (Phi) is 3.65. The minimum Gasteiger partial charge on any atom is -0.369 e. The number of amides is 1. The van der Waals surface area contributed by atoms with Gasteiger partial charge in [0, 0.05) is 25.6 Å². The number of primary amides is 1. The van der Waals surface area contributed by atoms with Crippen LogP contribution in [0.1, 0.15) is 26.1 Å². The number of hydrogen-bond acceptors (Lipinski definition) is 4. The van der Waals surface area contributed by atoms with Crippen LogP contribution in [0.2, 0.25) is 0 Å². The fourth-order valence-corrected chi connectivity index (χ4v) is 3.00. The molecule has 4 atom stereocenters. The lowest BCUT2D eigenvalue weighted by atomic mass is 9.77. The third-order valence-corrected chi connectivity index (χ3v) is 3.81. The minimum absolute atomic E-state index is 0.0455. The van der Waals surface area contributed by atoms with E-state index in [2.05, 4.69) is 29.2 Å². The first kappa shape index (κ1) is 13.0. The maximum absolute atomic E-state index is 11.6.